The molecule has 0 spiro atoms. The maximum Gasteiger partial charge on any atom is 0.258 e. The highest BCUT2D eigenvalue weighted by molar-refractivity contribution is 7.21. The average molecular weight is 462 g/mol. The SMILES string of the molecule is COc1ccccc1CNC(=O)COc1ccc(-c2nc3ccccc3s2)cc1CN(C)C. The van der Waals surface area contributed by atoms with E-state index >= 15 is 0 Å². The molecule has 0 bridgehead atoms. The van der Waals surface area contributed by atoms with Crippen molar-refractivity contribution in [3.63, 3.8) is 0 Å². The Bertz CT molecular complexity index is 1220. The second kappa shape index (κ2) is 10.5. The van der Waals surface area contributed by atoms with E-state index in [0.717, 1.165) is 37.7 Å². The van der Waals surface area contributed by atoms with Gasteiger partial charge in [0.2, 0.25) is 0 Å². The van der Waals surface area contributed by atoms with Gasteiger partial charge in [0.25, 0.3) is 5.91 Å². The van der Waals surface area contributed by atoms with Gasteiger partial charge in [0.15, 0.2) is 6.61 Å². The van der Waals surface area contributed by atoms with Crippen LogP contribution >= 0.6 is 11.3 Å². The standard InChI is InChI=1S/C26H27N3O3S/c1-29(2)16-20-14-18(26-28-21-9-5-7-11-24(21)33-26)12-13-23(20)32-17-25(30)27-15-19-8-4-6-10-22(19)31-3/h4-14H,15-17H2,1-3H3,(H,27,30). The molecular formula is C26H27N3O3S. The zero-order valence-corrected chi connectivity index (χ0v) is 19.8. The number of benzene rings is 3. The predicted molar refractivity (Wildman–Crippen MR) is 133 cm³/mol. The number of nitrogens with zero attached hydrogens (tertiary/aromatic N) is 2. The fourth-order valence-electron chi connectivity index (χ4n) is 3.55. The minimum absolute atomic E-state index is 0.0595. The summed E-state index contributed by atoms with van der Waals surface area (Å²) in [7, 11) is 5.64. The van der Waals surface area contributed by atoms with E-state index in [1.54, 1.807) is 18.4 Å². The third kappa shape index (κ3) is 5.69. The van der Waals surface area contributed by atoms with E-state index in [1.807, 2.05) is 68.7 Å². The average Bonchev–Trinajstić information content (AvgIpc) is 3.26. The predicted octanol–water partition coefficient (Wildman–Crippen LogP) is 4.73. The van der Waals surface area contributed by atoms with Crippen LogP contribution in [0.15, 0.2) is 66.7 Å². The van der Waals surface area contributed by atoms with Gasteiger partial charge in [-0.2, -0.15) is 0 Å². The second-order valence-corrected chi connectivity index (χ2v) is 8.95. The Balaban J connectivity index is 1.45. The van der Waals surface area contributed by atoms with Crippen LogP contribution in [0.5, 0.6) is 11.5 Å². The molecule has 1 aromatic heterocycles. The van der Waals surface area contributed by atoms with Gasteiger partial charge in [-0.1, -0.05) is 30.3 Å². The molecule has 0 aliphatic heterocycles. The molecule has 6 nitrogen and oxygen atoms in total. The van der Waals surface area contributed by atoms with E-state index in [2.05, 4.69) is 22.3 Å². The molecule has 170 valence electrons. The Morgan fingerprint density at radius 1 is 1.00 bits per heavy atom. The van der Waals surface area contributed by atoms with E-state index in [4.69, 9.17) is 14.5 Å². The molecule has 1 amide bonds. The van der Waals surface area contributed by atoms with Gasteiger partial charge in [0.05, 0.1) is 17.3 Å². The lowest BCUT2D eigenvalue weighted by Gasteiger charge is -2.16. The molecule has 0 fully saturated rings. The van der Waals surface area contributed by atoms with E-state index in [1.165, 1.54) is 0 Å². The van der Waals surface area contributed by atoms with Crippen molar-refractivity contribution in [3.05, 3.63) is 77.9 Å². The number of para-hydroxylation sites is 2. The number of ether oxygens (including phenoxy) is 2. The van der Waals surface area contributed by atoms with Crippen molar-refractivity contribution >= 4 is 27.5 Å². The van der Waals surface area contributed by atoms with E-state index in [-0.39, 0.29) is 12.5 Å². The lowest BCUT2D eigenvalue weighted by Crippen LogP contribution is -2.28. The number of nitrogens with one attached hydrogen (secondary N) is 1. The van der Waals surface area contributed by atoms with Gasteiger partial charge in [-0.3, -0.25) is 4.79 Å². The molecule has 0 atom stereocenters. The molecule has 7 heteroatoms. The van der Waals surface area contributed by atoms with Gasteiger partial charge in [0.1, 0.15) is 16.5 Å². The molecule has 4 rings (SSSR count). The number of rotatable bonds is 9. The second-order valence-electron chi connectivity index (χ2n) is 7.92. The molecule has 0 saturated heterocycles. The smallest absolute Gasteiger partial charge is 0.258 e. The first-order chi connectivity index (χ1) is 16.0. The topological polar surface area (TPSA) is 63.7 Å². The first-order valence-corrected chi connectivity index (χ1v) is 11.5. The highest BCUT2D eigenvalue weighted by Crippen LogP contribution is 2.33. The minimum atomic E-state index is -0.188. The van der Waals surface area contributed by atoms with Crippen LogP contribution in [0.2, 0.25) is 0 Å². The van der Waals surface area contributed by atoms with Crippen molar-refractivity contribution in [3.8, 4) is 22.1 Å². The lowest BCUT2D eigenvalue weighted by molar-refractivity contribution is -0.123. The lowest BCUT2D eigenvalue weighted by atomic mass is 10.1. The van der Waals surface area contributed by atoms with Crippen molar-refractivity contribution in [1.29, 1.82) is 0 Å². The molecule has 1 N–H and O–H groups in total. The molecule has 0 radical (unpaired) electrons. The zero-order chi connectivity index (χ0) is 23.2. The summed E-state index contributed by atoms with van der Waals surface area (Å²) in [6.45, 7) is 1.01. The zero-order valence-electron chi connectivity index (χ0n) is 19.0. The van der Waals surface area contributed by atoms with Crippen LogP contribution in [0.25, 0.3) is 20.8 Å². The molecule has 0 aliphatic rings. The van der Waals surface area contributed by atoms with Gasteiger partial charge < -0.3 is 19.7 Å². The maximum atomic E-state index is 12.4. The fraction of sp³-hybridized carbons (Fsp3) is 0.231. The van der Waals surface area contributed by atoms with Crippen LogP contribution in [0.1, 0.15) is 11.1 Å². The number of fused-ring (bicyclic) bond motifs is 1. The Kier molecular flexibility index (Phi) is 7.22. The van der Waals surface area contributed by atoms with Crippen LogP contribution in [0.3, 0.4) is 0 Å². The largest absolute Gasteiger partial charge is 0.496 e. The van der Waals surface area contributed by atoms with Gasteiger partial charge in [-0.15, -0.1) is 11.3 Å². The van der Waals surface area contributed by atoms with E-state index < -0.39 is 0 Å². The molecule has 3 aromatic carbocycles. The van der Waals surface area contributed by atoms with Crippen LogP contribution in [-0.2, 0) is 17.9 Å². The third-order valence-corrected chi connectivity index (χ3v) is 6.20. The van der Waals surface area contributed by atoms with Crippen molar-refractivity contribution in [2.45, 2.75) is 13.1 Å². The summed E-state index contributed by atoms with van der Waals surface area (Å²) in [6.07, 6.45) is 0. The Labute approximate surface area is 197 Å². The highest BCUT2D eigenvalue weighted by Gasteiger charge is 2.13. The molecule has 1 heterocycles. The third-order valence-electron chi connectivity index (χ3n) is 5.12. The fourth-order valence-corrected chi connectivity index (χ4v) is 4.51. The van der Waals surface area contributed by atoms with Crippen LogP contribution in [-0.4, -0.2) is 43.6 Å². The Hall–Kier alpha value is -3.42. The molecule has 33 heavy (non-hydrogen) atoms. The molecule has 0 aliphatic carbocycles. The summed E-state index contributed by atoms with van der Waals surface area (Å²) in [5.74, 6) is 1.25. The van der Waals surface area contributed by atoms with Crippen LogP contribution < -0.4 is 14.8 Å². The molecule has 0 saturated carbocycles. The number of amides is 1. The van der Waals surface area contributed by atoms with Gasteiger partial charge in [-0.05, 0) is 50.5 Å². The van der Waals surface area contributed by atoms with E-state index in [9.17, 15) is 4.79 Å². The van der Waals surface area contributed by atoms with Crippen molar-refractivity contribution < 1.29 is 14.3 Å². The van der Waals surface area contributed by atoms with Crippen molar-refractivity contribution in [2.24, 2.45) is 0 Å². The number of thiazole rings is 1. The summed E-state index contributed by atoms with van der Waals surface area (Å²) in [6, 6.07) is 21.8. The van der Waals surface area contributed by atoms with Crippen molar-refractivity contribution in [1.82, 2.24) is 15.2 Å². The number of carbonyl (C=O) groups is 1. The van der Waals surface area contributed by atoms with Crippen molar-refractivity contribution in [2.75, 3.05) is 27.8 Å². The van der Waals surface area contributed by atoms with Gasteiger partial charge in [0, 0.05) is 29.8 Å². The number of hydrogen-bond acceptors (Lipinski definition) is 6. The number of methoxy groups -OCH3 is 1. The van der Waals surface area contributed by atoms with Crippen LogP contribution in [0, 0.1) is 0 Å². The minimum Gasteiger partial charge on any atom is -0.496 e. The summed E-state index contributed by atoms with van der Waals surface area (Å²) < 4.78 is 12.4. The number of aromatic nitrogens is 1. The summed E-state index contributed by atoms with van der Waals surface area (Å²) in [5, 5.41) is 3.86. The molecule has 0 unspecified atom stereocenters. The molecular weight excluding hydrogens is 434 g/mol. The van der Waals surface area contributed by atoms with Gasteiger partial charge >= 0.3 is 0 Å². The number of carbonyl (C=O) groups excluding carboxylic acids is 1. The summed E-state index contributed by atoms with van der Waals surface area (Å²) in [4.78, 5) is 19.3. The van der Waals surface area contributed by atoms with E-state index in [0.29, 0.717) is 18.8 Å². The monoisotopic (exact) mass is 461 g/mol. The van der Waals surface area contributed by atoms with Gasteiger partial charge in [-0.25, -0.2) is 4.98 Å². The highest BCUT2D eigenvalue weighted by atomic mass is 32.1. The molecule has 4 aromatic rings. The van der Waals surface area contributed by atoms with Crippen LogP contribution in [0.4, 0.5) is 0 Å². The Morgan fingerprint density at radius 2 is 1.79 bits per heavy atom. The number of hydrogen-bond donors (Lipinski definition) is 1. The maximum absolute atomic E-state index is 12.4. The summed E-state index contributed by atoms with van der Waals surface area (Å²) >= 11 is 1.67. The normalized spacial score (nSPS) is 11.0. The first-order valence-electron chi connectivity index (χ1n) is 10.7. The quantitative estimate of drug-likeness (QED) is 0.390. The Morgan fingerprint density at radius 3 is 2.58 bits per heavy atom. The summed E-state index contributed by atoms with van der Waals surface area (Å²) in [5.41, 5.74) is 3.97. The first kappa shape index (κ1) is 22.8.